The van der Waals surface area contributed by atoms with Crippen LogP contribution in [0.2, 0.25) is 0 Å². The van der Waals surface area contributed by atoms with Crippen LogP contribution in [0.25, 0.3) is 0 Å². The Balaban J connectivity index is 2.08. The van der Waals surface area contributed by atoms with Gasteiger partial charge in [-0.05, 0) is 31.6 Å². The molecule has 1 aliphatic heterocycles. The van der Waals surface area contributed by atoms with Crippen LogP contribution >= 0.6 is 0 Å². The van der Waals surface area contributed by atoms with Gasteiger partial charge in [-0.25, -0.2) is 0 Å². The molecule has 0 aromatic heterocycles. The lowest BCUT2D eigenvalue weighted by Gasteiger charge is -2.32. The molecule has 2 unspecified atom stereocenters. The quantitative estimate of drug-likeness (QED) is 0.336. The van der Waals surface area contributed by atoms with Crippen molar-refractivity contribution in [2.24, 2.45) is 5.92 Å². The van der Waals surface area contributed by atoms with Gasteiger partial charge in [0.05, 0.1) is 6.10 Å². The van der Waals surface area contributed by atoms with Gasteiger partial charge in [0.25, 0.3) is 0 Å². The Hall–Kier alpha value is -0.0400. The lowest BCUT2D eigenvalue weighted by molar-refractivity contribution is -0.0352. The topological polar surface area (TPSA) is 9.23 Å². The molecule has 0 amide bonds. The highest BCUT2D eigenvalue weighted by molar-refractivity contribution is 4.75. The second-order valence-corrected chi connectivity index (χ2v) is 7.07. The zero-order chi connectivity index (χ0) is 15.2. The number of rotatable bonds is 13. The lowest BCUT2D eigenvalue weighted by atomic mass is 9.86. The first kappa shape index (κ1) is 19.0. The van der Waals surface area contributed by atoms with Crippen LogP contribution in [0.3, 0.4) is 0 Å². The van der Waals surface area contributed by atoms with Crippen LogP contribution in [0.5, 0.6) is 0 Å². The monoisotopic (exact) mass is 296 g/mol. The Morgan fingerprint density at radius 2 is 1.29 bits per heavy atom. The molecule has 0 aliphatic carbocycles. The Labute approximate surface area is 134 Å². The van der Waals surface area contributed by atoms with E-state index in [-0.39, 0.29) is 0 Å². The Morgan fingerprint density at radius 1 is 0.714 bits per heavy atom. The second kappa shape index (κ2) is 13.6. The van der Waals surface area contributed by atoms with Crippen LogP contribution in [-0.2, 0) is 4.74 Å². The molecule has 1 heterocycles. The van der Waals surface area contributed by atoms with Crippen molar-refractivity contribution >= 4 is 0 Å². The van der Waals surface area contributed by atoms with E-state index in [1.165, 1.54) is 96.3 Å². The van der Waals surface area contributed by atoms with Gasteiger partial charge >= 0.3 is 0 Å². The molecular weight excluding hydrogens is 256 g/mol. The van der Waals surface area contributed by atoms with Crippen LogP contribution in [0, 0.1) is 5.92 Å². The van der Waals surface area contributed by atoms with E-state index in [0.717, 1.165) is 12.5 Å². The molecule has 0 bridgehead atoms. The molecule has 126 valence electrons. The minimum absolute atomic E-state index is 0.594. The smallest absolute Gasteiger partial charge is 0.0603 e. The van der Waals surface area contributed by atoms with Gasteiger partial charge in [0.15, 0.2) is 0 Å². The van der Waals surface area contributed by atoms with E-state index >= 15 is 0 Å². The average molecular weight is 297 g/mol. The van der Waals surface area contributed by atoms with Gasteiger partial charge in [0, 0.05) is 6.61 Å². The van der Waals surface area contributed by atoms with Crippen LogP contribution < -0.4 is 0 Å². The summed E-state index contributed by atoms with van der Waals surface area (Å²) in [5.74, 6) is 0.871. The molecule has 0 aromatic carbocycles. The fourth-order valence-electron chi connectivity index (χ4n) is 3.69. The number of ether oxygens (including phenoxy) is 1. The first-order valence-electron chi connectivity index (χ1n) is 10.00. The van der Waals surface area contributed by atoms with Gasteiger partial charge < -0.3 is 4.74 Å². The fourth-order valence-corrected chi connectivity index (χ4v) is 3.69. The summed E-state index contributed by atoms with van der Waals surface area (Å²) in [7, 11) is 0. The maximum atomic E-state index is 6.10. The third-order valence-corrected chi connectivity index (χ3v) is 5.10. The molecule has 1 heteroatoms. The molecule has 1 fully saturated rings. The van der Waals surface area contributed by atoms with Gasteiger partial charge in [0.2, 0.25) is 0 Å². The number of unbranched alkanes of at least 4 members (excludes halogenated alkanes) is 9. The van der Waals surface area contributed by atoms with E-state index in [4.69, 9.17) is 4.74 Å². The number of hydrogen-bond acceptors (Lipinski definition) is 1. The first-order chi connectivity index (χ1) is 10.4. The van der Waals surface area contributed by atoms with Crippen molar-refractivity contribution in [1.29, 1.82) is 0 Å². The molecule has 0 spiro atoms. The summed E-state index contributed by atoms with van der Waals surface area (Å²) in [4.78, 5) is 0. The molecule has 0 aromatic rings. The molecule has 1 rings (SSSR count). The van der Waals surface area contributed by atoms with E-state index < -0.39 is 0 Å². The summed E-state index contributed by atoms with van der Waals surface area (Å²) < 4.78 is 6.10. The summed E-state index contributed by atoms with van der Waals surface area (Å²) in [5.41, 5.74) is 0. The van der Waals surface area contributed by atoms with Crippen molar-refractivity contribution in [2.75, 3.05) is 6.61 Å². The van der Waals surface area contributed by atoms with Gasteiger partial charge in [0.1, 0.15) is 0 Å². The first-order valence-corrected chi connectivity index (χ1v) is 10.00. The molecule has 1 nitrogen and oxygen atoms in total. The number of hydrogen-bond donors (Lipinski definition) is 0. The van der Waals surface area contributed by atoms with Crippen LogP contribution in [0.4, 0.5) is 0 Å². The van der Waals surface area contributed by atoms with Crippen molar-refractivity contribution in [2.45, 2.75) is 116 Å². The maximum absolute atomic E-state index is 6.10. The van der Waals surface area contributed by atoms with Crippen LogP contribution in [0.1, 0.15) is 110 Å². The molecular formula is C20H40O. The maximum Gasteiger partial charge on any atom is 0.0603 e. The van der Waals surface area contributed by atoms with E-state index in [2.05, 4.69) is 13.8 Å². The highest BCUT2D eigenvalue weighted by Gasteiger charge is 2.24. The second-order valence-electron chi connectivity index (χ2n) is 7.07. The molecule has 0 radical (unpaired) electrons. The van der Waals surface area contributed by atoms with Crippen LogP contribution in [-0.4, -0.2) is 12.7 Å². The zero-order valence-electron chi connectivity index (χ0n) is 14.9. The highest BCUT2D eigenvalue weighted by atomic mass is 16.5. The molecule has 1 aliphatic rings. The summed E-state index contributed by atoms with van der Waals surface area (Å²) in [6, 6.07) is 0. The fraction of sp³-hybridized carbons (Fsp3) is 1.00. The Kier molecular flexibility index (Phi) is 12.3. The van der Waals surface area contributed by atoms with E-state index in [0.29, 0.717) is 6.10 Å². The summed E-state index contributed by atoms with van der Waals surface area (Å²) in [6.45, 7) is 5.61. The normalized spacial score (nSPS) is 22.6. The van der Waals surface area contributed by atoms with E-state index in [1.54, 1.807) is 0 Å². The third kappa shape index (κ3) is 9.55. The lowest BCUT2D eigenvalue weighted by Crippen LogP contribution is -2.29. The summed E-state index contributed by atoms with van der Waals surface area (Å²) >= 11 is 0. The molecule has 2 atom stereocenters. The van der Waals surface area contributed by atoms with Crippen molar-refractivity contribution in [3.05, 3.63) is 0 Å². The van der Waals surface area contributed by atoms with Gasteiger partial charge in [-0.1, -0.05) is 84.5 Å². The van der Waals surface area contributed by atoms with Crippen LogP contribution in [0.15, 0.2) is 0 Å². The van der Waals surface area contributed by atoms with Gasteiger partial charge in [-0.2, -0.15) is 0 Å². The minimum Gasteiger partial charge on any atom is -0.378 e. The van der Waals surface area contributed by atoms with Gasteiger partial charge in [-0.15, -0.1) is 0 Å². The third-order valence-electron chi connectivity index (χ3n) is 5.10. The predicted molar refractivity (Wildman–Crippen MR) is 93.8 cm³/mol. The molecule has 1 saturated heterocycles. The minimum atomic E-state index is 0.594. The summed E-state index contributed by atoms with van der Waals surface area (Å²) in [6.07, 6.45) is 21.6. The standard InChI is InChI=1S/C20H40O/c1-3-5-7-9-11-13-17-20-19(16-14-18-21-20)15-12-10-8-6-4-2/h19-20H,3-18H2,1-2H3. The van der Waals surface area contributed by atoms with Crippen molar-refractivity contribution < 1.29 is 4.74 Å². The largest absolute Gasteiger partial charge is 0.378 e. The highest BCUT2D eigenvalue weighted by Crippen LogP contribution is 2.29. The van der Waals surface area contributed by atoms with Crippen molar-refractivity contribution in [3.8, 4) is 0 Å². The Bertz CT molecular complexity index is 214. The molecule has 21 heavy (non-hydrogen) atoms. The van der Waals surface area contributed by atoms with E-state index in [1.807, 2.05) is 0 Å². The average Bonchev–Trinajstić information content (AvgIpc) is 2.52. The van der Waals surface area contributed by atoms with Gasteiger partial charge in [-0.3, -0.25) is 0 Å². The molecule has 0 N–H and O–H groups in total. The zero-order valence-corrected chi connectivity index (χ0v) is 14.9. The van der Waals surface area contributed by atoms with E-state index in [9.17, 15) is 0 Å². The SMILES string of the molecule is CCCCCCCCC1OCCCC1CCCCCCC. The predicted octanol–water partition coefficient (Wildman–Crippen LogP) is 6.89. The molecule has 0 saturated carbocycles. The Morgan fingerprint density at radius 3 is 1.95 bits per heavy atom. The van der Waals surface area contributed by atoms with Crippen molar-refractivity contribution in [3.63, 3.8) is 0 Å². The van der Waals surface area contributed by atoms with Crippen molar-refractivity contribution in [1.82, 2.24) is 0 Å². The summed E-state index contributed by atoms with van der Waals surface area (Å²) in [5, 5.41) is 0.